The number of anilines is 1. The van der Waals surface area contributed by atoms with Crippen LogP contribution in [0.2, 0.25) is 0 Å². The third kappa shape index (κ3) is 4.66. The number of aromatic nitrogens is 2. The molecule has 2 aromatic rings. The summed E-state index contributed by atoms with van der Waals surface area (Å²) >= 11 is 3.46. The molecule has 2 rings (SSSR count). The molecule has 0 aliphatic heterocycles. The molecular weight excluding hydrogens is 362 g/mol. The van der Waals surface area contributed by atoms with E-state index >= 15 is 0 Å². The van der Waals surface area contributed by atoms with Crippen molar-refractivity contribution in [1.29, 1.82) is 0 Å². The maximum absolute atomic E-state index is 11.9. The molecule has 0 aliphatic carbocycles. The van der Waals surface area contributed by atoms with Crippen molar-refractivity contribution in [2.24, 2.45) is 0 Å². The number of hydrogen-bond acceptors (Lipinski definition) is 4. The average molecular weight is 380 g/mol. The van der Waals surface area contributed by atoms with E-state index in [1.807, 2.05) is 13.8 Å². The van der Waals surface area contributed by atoms with E-state index in [9.17, 15) is 9.59 Å². The SMILES string of the molecule is CC(=O)Nc1ccc(OC(=O)CCn2nc(C)c(Br)c2C)cc1. The first-order chi connectivity index (χ1) is 10.9. The highest BCUT2D eigenvalue weighted by atomic mass is 79.9. The second kappa shape index (κ2) is 7.41. The third-order valence-corrected chi connectivity index (χ3v) is 4.37. The number of hydrogen-bond donors (Lipinski definition) is 1. The molecule has 23 heavy (non-hydrogen) atoms. The van der Waals surface area contributed by atoms with E-state index in [4.69, 9.17) is 4.74 Å². The van der Waals surface area contributed by atoms with Crippen molar-refractivity contribution < 1.29 is 14.3 Å². The van der Waals surface area contributed by atoms with Gasteiger partial charge in [-0.1, -0.05) is 0 Å². The second-order valence-electron chi connectivity index (χ2n) is 5.14. The van der Waals surface area contributed by atoms with Gasteiger partial charge in [0.1, 0.15) is 5.75 Å². The molecule has 1 amide bonds. The molecule has 1 aromatic carbocycles. The van der Waals surface area contributed by atoms with E-state index in [1.165, 1.54) is 6.92 Å². The smallest absolute Gasteiger partial charge is 0.313 e. The first-order valence-electron chi connectivity index (χ1n) is 7.14. The lowest BCUT2D eigenvalue weighted by Crippen LogP contribution is -2.13. The number of benzene rings is 1. The van der Waals surface area contributed by atoms with E-state index in [-0.39, 0.29) is 18.3 Å². The van der Waals surface area contributed by atoms with Crippen molar-refractivity contribution in [1.82, 2.24) is 9.78 Å². The second-order valence-corrected chi connectivity index (χ2v) is 5.93. The van der Waals surface area contributed by atoms with Crippen LogP contribution in [-0.2, 0) is 16.1 Å². The van der Waals surface area contributed by atoms with Crippen molar-refractivity contribution in [3.63, 3.8) is 0 Å². The Hall–Kier alpha value is -2.15. The van der Waals surface area contributed by atoms with Crippen LogP contribution < -0.4 is 10.1 Å². The van der Waals surface area contributed by atoms with Crippen LogP contribution in [0.4, 0.5) is 5.69 Å². The number of nitrogens with zero attached hydrogens (tertiary/aromatic N) is 2. The Labute approximate surface area is 143 Å². The van der Waals surface area contributed by atoms with Gasteiger partial charge in [-0.2, -0.15) is 5.10 Å². The molecule has 0 unspecified atom stereocenters. The number of carbonyl (C=O) groups excluding carboxylic acids is 2. The molecule has 0 fully saturated rings. The molecule has 0 atom stereocenters. The van der Waals surface area contributed by atoms with Gasteiger partial charge in [0.2, 0.25) is 5.91 Å². The molecule has 0 spiro atoms. The summed E-state index contributed by atoms with van der Waals surface area (Å²) < 4.78 is 8.00. The lowest BCUT2D eigenvalue weighted by molar-refractivity contribution is -0.134. The Bertz CT molecular complexity index is 723. The van der Waals surface area contributed by atoms with Crippen molar-refractivity contribution in [3.8, 4) is 5.75 Å². The number of carbonyl (C=O) groups is 2. The zero-order valence-corrected chi connectivity index (χ0v) is 14.8. The zero-order valence-electron chi connectivity index (χ0n) is 13.2. The van der Waals surface area contributed by atoms with Gasteiger partial charge in [0.25, 0.3) is 0 Å². The van der Waals surface area contributed by atoms with Gasteiger partial charge in [0.15, 0.2) is 0 Å². The molecule has 1 heterocycles. The molecule has 0 radical (unpaired) electrons. The van der Waals surface area contributed by atoms with Crippen LogP contribution in [0.3, 0.4) is 0 Å². The normalized spacial score (nSPS) is 10.4. The van der Waals surface area contributed by atoms with Crippen LogP contribution >= 0.6 is 15.9 Å². The van der Waals surface area contributed by atoms with Gasteiger partial charge in [-0.3, -0.25) is 14.3 Å². The van der Waals surface area contributed by atoms with Gasteiger partial charge in [-0.05, 0) is 54.0 Å². The van der Waals surface area contributed by atoms with E-state index in [0.29, 0.717) is 18.0 Å². The van der Waals surface area contributed by atoms with Crippen molar-refractivity contribution in [2.45, 2.75) is 33.7 Å². The number of amides is 1. The Kier molecular flexibility index (Phi) is 5.54. The highest BCUT2D eigenvalue weighted by molar-refractivity contribution is 9.10. The highest BCUT2D eigenvalue weighted by Gasteiger charge is 2.11. The summed E-state index contributed by atoms with van der Waals surface area (Å²) in [7, 11) is 0. The Morgan fingerprint density at radius 2 is 1.91 bits per heavy atom. The Morgan fingerprint density at radius 1 is 1.26 bits per heavy atom. The van der Waals surface area contributed by atoms with Crippen molar-refractivity contribution >= 4 is 33.5 Å². The lowest BCUT2D eigenvalue weighted by Gasteiger charge is -2.07. The summed E-state index contributed by atoms with van der Waals surface area (Å²) in [6.45, 7) is 5.74. The van der Waals surface area contributed by atoms with Crippen LogP contribution in [0.25, 0.3) is 0 Å². The average Bonchev–Trinajstić information content (AvgIpc) is 2.74. The number of ether oxygens (including phenoxy) is 1. The molecule has 1 aromatic heterocycles. The van der Waals surface area contributed by atoms with E-state index < -0.39 is 0 Å². The predicted octanol–water partition coefficient (Wildman–Crippen LogP) is 3.22. The number of halogens is 1. The van der Waals surface area contributed by atoms with E-state index in [1.54, 1.807) is 28.9 Å². The topological polar surface area (TPSA) is 73.2 Å². The van der Waals surface area contributed by atoms with Crippen LogP contribution in [0.15, 0.2) is 28.7 Å². The summed E-state index contributed by atoms with van der Waals surface area (Å²) in [5.74, 6) is -0.0367. The van der Waals surface area contributed by atoms with E-state index in [2.05, 4.69) is 26.3 Å². The number of esters is 1. The largest absolute Gasteiger partial charge is 0.426 e. The standard InChI is InChI=1S/C16H18BrN3O3/c1-10-16(17)11(2)20(19-10)9-8-15(22)23-14-6-4-13(5-7-14)18-12(3)21/h4-7H,8-9H2,1-3H3,(H,18,21). The summed E-state index contributed by atoms with van der Waals surface area (Å²) in [6, 6.07) is 6.65. The van der Waals surface area contributed by atoms with Crippen molar-refractivity contribution in [3.05, 3.63) is 40.1 Å². The molecule has 122 valence electrons. The van der Waals surface area contributed by atoms with Gasteiger partial charge in [0, 0.05) is 18.3 Å². The van der Waals surface area contributed by atoms with Crippen LogP contribution in [-0.4, -0.2) is 21.7 Å². The van der Waals surface area contributed by atoms with Crippen molar-refractivity contribution in [2.75, 3.05) is 5.32 Å². The highest BCUT2D eigenvalue weighted by Crippen LogP contribution is 2.20. The number of rotatable bonds is 5. The fourth-order valence-electron chi connectivity index (χ4n) is 2.08. The van der Waals surface area contributed by atoms with Crippen LogP contribution in [0.1, 0.15) is 24.7 Å². The third-order valence-electron chi connectivity index (χ3n) is 3.23. The molecule has 0 saturated heterocycles. The zero-order chi connectivity index (χ0) is 17.0. The fraction of sp³-hybridized carbons (Fsp3) is 0.312. The maximum atomic E-state index is 11.9. The Morgan fingerprint density at radius 3 is 2.43 bits per heavy atom. The lowest BCUT2D eigenvalue weighted by atomic mass is 10.3. The minimum Gasteiger partial charge on any atom is -0.426 e. The van der Waals surface area contributed by atoms with Crippen LogP contribution in [0.5, 0.6) is 5.75 Å². The first-order valence-corrected chi connectivity index (χ1v) is 7.94. The quantitative estimate of drug-likeness (QED) is 0.639. The minimum absolute atomic E-state index is 0.147. The van der Waals surface area contributed by atoms with Gasteiger partial charge < -0.3 is 10.1 Å². The minimum atomic E-state index is -0.332. The Balaban J connectivity index is 1.89. The summed E-state index contributed by atoms with van der Waals surface area (Å²) in [6.07, 6.45) is 0.224. The van der Waals surface area contributed by atoms with Gasteiger partial charge in [-0.15, -0.1) is 0 Å². The molecule has 7 heteroatoms. The number of nitrogens with one attached hydrogen (secondary N) is 1. The maximum Gasteiger partial charge on any atom is 0.313 e. The molecule has 0 saturated carbocycles. The number of aryl methyl sites for hydroxylation is 2. The van der Waals surface area contributed by atoms with Crippen LogP contribution in [0, 0.1) is 13.8 Å². The first kappa shape index (κ1) is 17.2. The van der Waals surface area contributed by atoms with E-state index in [0.717, 1.165) is 15.9 Å². The monoisotopic (exact) mass is 379 g/mol. The molecule has 0 bridgehead atoms. The van der Waals surface area contributed by atoms with Gasteiger partial charge >= 0.3 is 5.97 Å². The molecule has 0 aliphatic rings. The molecule has 6 nitrogen and oxygen atoms in total. The summed E-state index contributed by atoms with van der Waals surface area (Å²) in [5, 5.41) is 7.00. The fourth-order valence-corrected chi connectivity index (χ4v) is 2.37. The molecule has 1 N–H and O–H groups in total. The van der Waals surface area contributed by atoms with Gasteiger partial charge in [-0.25, -0.2) is 0 Å². The molecular formula is C16H18BrN3O3. The predicted molar refractivity (Wildman–Crippen MR) is 90.4 cm³/mol. The van der Waals surface area contributed by atoms with Gasteiger partial charge in [0.05, 0.1) is 23.1 Å². The summed E-state index contributed by atoms with van der Waals surface area (Å²) in [4.78, 5) is 22.8. The summed E-state index contributed by atoms with van der Waals surface area (Å²) in [5.41, 5.74) is 2.53.